The lowest BCUT2D eigenvalue weighted by Crippen LogP contribution is -2.37. The van der Waals surface area contributed by atoms with Crippen LogP contribution in [0.3, 0.4) is 0 Å². The summed E-state index contributed by atoms with van der Waals surface area (Å²) in [5.74, 6) is 0.882. The summed E-state index contributed by atoms with van der Waals surface area (Å²) in [5, 5.41) is 1.13. The molecule has 16 heavy (non-hydrogen) atoms. The molecule has 0 aromatic rings. The van der Waals surface area contributed by atoms with Crippen LogP contribution in [0, 0.1) is 5.92 Å². The number of alkyl halides is 1. The van der Waals surface area contributed by atoms with Gasteiger partial charge >= 0.3 is 0 Å². The molecule has 1 unspecified atom stereocenters. The maximum absolute atomic E-state index is 5.50. The van der Waals surface area contributed by atoms with Gasteiger partial charge in [0.15, 0.2) is 0 Å². The number of rotatable bonds is 8. The van der Waals surface area contributed by atoms with E-state index in [1.165, 1.54) is 32.4 Å². The Bertz CT molecular complexity index is 167. The Hall–Kier alpha value is 0.360. The van der Waals surface area contributed by atoms with Crippen molar-refractivity contribution in [3.05, 3.63) is 0 Å². The number of methoxy groups -OCH3 is 1. The number of piperidine rings is 1. The van der Waals surface area contributed by atoms with Crippen molar-refractivity contribution < 1.29 is 9.47 Å². The second-order valence-corrected chi connectivity index (χ2v) is 5.18. The SMILES string of the molecule is COCCOCCN1CCCC(CCBr)C1. The quantitative estimate of drug-likeness (QED) is 0.506. The summed E-state index contributed by atoms with van der Waals surface area (Å²) in [7, 11) is 1.71. The highest BCUT2D eigenvalue weighted by Gasteiger charge is 2.18. The molecule has 0 amide bonds. The minimum atomic E-state index is 0.701. The molecule has 1 aliphatic heterocycles. The molecule has 0 bridgehead atoms. The number of nitrogens with zero attached hydrogens (tertiary/aromatic N) is 1. The van der Waals surface area contributed by atoms with Crippen molar-refractivity contribution in [1.29, 1.82) is 0 Å². The minimum Gasteiger partial charge on any atom is -0.382 e. The summed E-state index contributed by atoms with van der Waals surface area (Å²) >= 11 is 3.53. The van der Waals surface area contributed by atoms with Crippen LogP contribution in [-0.4, -0.2) is 56.8 Å². The number of likely N-dealkylation sites (tertiary alicyclic amines) is 1. The lowest BCUT2D eigenvalue weighted by Gasteiger charge is -2.32. The van der Waals surface area contributed by atoms with Gasteiger partial charge in [0.05, 0.1) is 19.8 Å². The van der Waals surface area contributed by atoms with Crippen LogP contribution in [0.25, 0.3) is 0 Å². The number of hydrogen-bond donors (Lipinski definition) is 0. The Morgan fingerprint density at radius 2 is 2.19 bits per heavy atom. The zero-order valence-corrected chi connectivity index (χ0v) is 11.9. The van der Waals surface area contributed by atoms with Crippen molar-refractivity contribution in [3.8, 4) is 0 Å². The fraction of sp³-hybridized carbons (Fsp3) is 1.00. The normalized spacial score (nSPS) is 22.5. The van der Waals surface area contributed by atoms with Gasteiger partial charge in [-0.3, -0.25) is 0 Å². The number of halogens is 1. The van der Waals surface area contributed by atoms with Crippen LogP contribution in [-0.2, 0) is 9.47 Å². The summed E-state index contributed by atoms with van der Waals surface area (Å²) in [4.78, 5) is 2.53. The lowest BCUT2D eigenvalue weighted by molar-refractivity contribution is 0.0492. The minimum absolute atomic E-state index is 0.701. The molecule has 96 valence electrons. The molecule has 1 heterocycles. The average molecular weight is 294 g/mol. The van der Waals surface area contributed by atoms with Crippen molar-refractivity contribution in [3.63, 3.8) is 0 Å². The van der Waals surface area contributed by atoms with E-state index < -0.39 is 0 Å². The third-order valence-corrected chi connectivity index (χ3v) is 3.56. The molecule has 0 spiro atoms. The van der Waals surface area contributed by atoms with E-state index in [9.17, 15) is 0 Å². The van der Waals surface area contributed by atoms with E-state index >= 15 is 0 Å². The molecule has 1 saturated heterocycles. The van der Waals surface area contributed by atoms with E-state index in [2.05, 4.69) is 20.8 Å². The Kier molecular flexibility index (Phi) is 8.47. The van der Waals surface area contributed by atoms with Crippen LogP contribution in [0.1, 0.15) is 19.3 Å². The number of ether oxygens (including phenoxy) is 2. The second kappa shape index (κ2) is 9.40. The van der Waals surface area contributed by atoms with Crippen LogP contribution in [0.15, 0.2) is 0 Å². The lowest BCUT2D eigenvalue weighted by atomic mass is 9.96. The highest BCUT2D eigenvalue weighted by Crippen LogP contribution is 2.19. The van der Waals surface area contributed by atoms with Gasteiger partial charge in [-0.2, -0.15) is 0 Å². The first-order valence-electron chi connectivity index (χ1n) is 6.21. The highest BCUT2D eigenvalue weighted by molar-refractivity contribution is 9.09. The smallest absolute Gasteiger partial charge is 0.0700 e. The first-order valence-corrected chi connectivity index (χ1v) is 7.34. The van der Waals surface area contributed by atoms with E-state index in [0.29, 0.717) is 6.61 Å². The highest BCUT2D eigenvalue weighted by atomic mass is 79.9. The average Bonchev–Trinajstić information content (AvgIpc) is 2.30. The molecule has 0 radical (unpaired) electrons. The Labute approximate surface area is 108 Å². The van der Waals surface area contributed by atoms with Crippen molar-refractivity contribution in [2.24, 2.45) is 5.92 Å². The van der Waals surface area contributed by atoms with Gasteiger partial charge in [0, 0.05) is 25.5 Å². The summed E-state index contributed by atoms with van der Waals surface area (Å²) in [6.07, 6.45) is 4.05. The van der Waals surface area contributed by atoms with E-state index in [1.54, 1.807) is 7.11 Å². The summed E-state index contributed by atoms with van der Waals surface area (Å²) in [6.45, 7) is 5.82. The van der Waals surface area contributed by atoms with Crippen molar-refractivity contribution >= 4 is 15.9 Å². The van der Waals surface area contributed by atoms with Crippen LogP contribution in [0.4, 0.5) is 0 Å². The Balaban J connectivity index is 2.02. The topological polar surface area (TPSA) is 21.7 Å². The van der Waals surface area contributed by atoms with Gasteiger partial charge < -0.3 is 14.4 Å². The molecule has 0 N–H and O–H groups in total. The Morgan fingerprint density at radius 1 is 1.31 bits per heavy atom. The van der Waals surface area contributed by atoms with Gasteiger partial charge in [-0.05, 0) is 31.7 Å². The Morgan fingerprint density at radius 3 is 2.94 bits per heavy atom. The molecule has 1 atom stereocenters. The molecule has 0 saturated carbocycles. The fourth-order valence-electron chi connectivity index (χ4n) is 2.18. The van der Waals surface area contributed by atoms with Crippen LogP contribution >= 0.6 is 15.9 Å². The monoisotopic (exact) mass is 293 g/mol. The molecule has 3 nitrogen and oxygen atoms in total. The molecular formula is C12H24BrNO2. The molecule has 4 heteroatoms. The van der Waals surface area contributed by atoms with E-state index in [1.807, 2.05) is 0 Å². The van der Waals surface area contributed by atoms with Crippen LogP contribution in [0.5, 0.6) is 0 Å². The van der Waals surface area contributed by atoms with Gasteiger partial charge in [-0.15, -0.1) is 0 Å². The van der Waals surface area contributed by atoms with E-state index in [0.717, 1.165) is 31.0 Å². The molecule has 1 fully saturated rings. The predicted octanol–water partition coefficient (Wildman–Crippen LogP) is 2.15. The summed E-state index contributed by atoms with van der Waals surface area (Å²) in [6, 6.07) is 0. The van der Waals surface area contributed by atoms with Gasteiger partial charge in [-0.25, -0.2) is 0 Å². The van der Waals surface area contributed by atoms with Gasteiger partial charge in [0.2, 0.25) is 0 Å². The molecular weight excluding hydrogens is 270 g/mol. The third-order valence-electron chi connectivity index (χ3n) is 3.10. The molecule has 1 aliphatic rings. The van der Waals surface area contributed by atoms with Gasteiger partial charge in [0.1, 0.15) is 0 Å². The zero-order chi connectivity index (χ0) is 11.6. The molecule has 1 rings (SSSR count). The first kappa shape index (κ1) is 14.4. The largest absolute Gasteiger partial charge is 0.382 e. The van der Waals surface area contributed by atoms with E-state index in [-0.39, 0.29) is 0 Å². The van der Waals surface area contributed by atoms with E-state index in [4.69, 9.17) is 9.47 Å². The zero-order valence-electron chi connectivity index (χ0n) is 10.3. The number of hydrogen-bond acceptors (Lipinski definition) is 3. The standard InChI is InChI=1S/C12H24BrNO2/c1-15-9-10-16-8-7-14-6-2-3-12(11-14)4-5-13/h12H,2-11H2,1H3. The summed E-state index contributed by atoms with van der Waals surface area (Å²) in [5.41, 5.74) is 0. The predicted molar refractivity (Wildman–Crippen MR) is 70.3 cm³/mol. The summed E-state index contributed by atoms with van der Waals surface area (Å²) < 4.78 is 10.4. The van der Waals surface area contributed by atoms with Gasteiger partial charge in [0.25, 0.3) is 0 Å². The van der Waals surface area contributed by atoms with Gasteiger partial charge in [-0.1, -0.05) is 15.9 Å². The maximum atomic E-state index is 5.50. The molecule has 0 aromatic heterocycles. The van der Waals surface area contributed by atoms with Crippen molar-refractivity contribution in [2.45, 2.75) is 19.3 Å². The third kappa shape index (κ3) is 6.18. The van der Waals surface area contributed by atoms with Crippen molar-refractivity contribution in [1.82, 2.24) is 4.90 Å². The first-order chi connectivity index (χ1) is 7.86. The molecule has 0 aromatic carbocycles. The molecule has 0 aliphatic carbocycles. The van der Waals surface area contributed by atoms with Crippen LogP contribution < -0.4 is 0 Å². The fourth-order valence-corrected chi connectivity index (χ4v) is 2.83. The van der Waals surface area contributed by atoms with Crippen LogP contribution in [0.2, 0.25) is 0 Å². The maximum Gasteiger partial charge on any atom is 0.0700 e. The van der Waals surface area contributed by atoms with Crippen molar-refractivity contribution in [2.75, 3.05) is 51.9 Å². The second-order valence-electron chi connectivity index (χ2n) is 4.39.